The van der Waals surface area contributed by atoms with Gasteiger partial charge in [0, 0.05) is 24.6 Å². The molecule has 0 fully saturated rings. The average molecular weight is 386 g/mol. The van der Waals surface area contributed by atoms with Gasteiger partial charge in [-0.1, -0.05) is 25.8 Å². The summed E-state index contributed by atoms with van der Waals surface area (Å²) in [6.07, 6.45) is 5.27. The Morgan fingerprint density at radius 2 is 1.77 bits per heavy atom. The summed E-state index contributed by atoms with van der Waals surface area (Å²) in [5.74, 6) is 0.580. The third-order valence-electron chi connectivity index (χ3n) is 4.10. The van der Waals surface area contributed by atoms with Gasteiger partial charge in [-0.3, -0.25) is 4.79 Å². The Hall–Kier alpha value is -1.14. The molecule has 0 aliphatic heterocycles. The lowest BCUT2D eigenvalue weighted by Gasteiger charge is -2.10. The molecule has 26 heavy (non-hydrogen) atoms. The number of rotatable bonds is 15. The van der Waals surface area contributed by atoms with E-state index in [1.807, 2.05) is 13.0 Å². The summed E-state index contributed by atoms with van der Waals surface area (Å²) in [5.41, 5.74) is 2.42. The highest BCUT2D eigenvalue weighted by Gasteiger charge is 2.08. The van der Waals surface area contributed by atoms with Crippen molar-refractivity contribution in [3.63, 3.8) is 0 Å². The highest BCUT2D eigenvalue weighted by Crippen LogP contribution is 2.13. The number of carbonyl (C=O) groups excluding carboxylic acids is 1. The topological polar surface area (TPSA) is 67.8 Å². The number of nitrogens with one attached hydrogen (secondary N) is 1. The van der Waals surface area contributed by atoms with Crippen LogP contribution in [0.1, 0.15) is 54.1 Å². The first-order valence-corrected chi connectivity index (χ1v) is 9.98. The van der Waals surface area contributed by atoms with Gasteiger partial charge in [-0.05, 0) is 42.5 Å². The Balaban J connectivity index is 2.06. The van der Waals surface area contributed by atoms with Gasteiger partial charge in [0.15, 0.2) is 0 Å². The number of amides is 1. The third kappa shape index (κ3) is 9.53. The van der Waals surface area contributed by atoms with Gasteiger partial charge in [0.05, 0.1) is 26.4 Å². The van der Waals surface area contributed by atoms with Crippen molar-refractivity contribution in [1.29, 1.82) is 0 Å². The minimum absolute atomic E-state index is 0.0554. The minimum Gasteiger partial charge on any atom is -0.392 e. The fourth-order valence-corrected chi connectivity index (χ4v) is 2.76. The Kier molecular flexibility index (Phi) is 13.2. The van der Waals surface area contributed by atoms with Gasteiger partial charge in [0.25, 0.3) is 5.91 Å². The second-order valence-corrected chi connectivity index (χ2v) is 6.46. The molecular formula is C20H32ClNO4. The highest BCUT2D eigenvalue weighted by atomic mass is 35.5. The SMILES string of the molecule is CCc1ccc(C(=O)NCCOCCOCCCCCCCl)cc1CO. The number of halogens is 1. The summed E-state index contributed by atoms with van der Waals surface area (Å²) < 4.78 is 10.9. The second kappa shape index (κ2) is 15.0. The van der Waals surface area contributed by atoms with E-state index in [4.69, 9.17) is 21.1 Å². The van der Waals surface area contributed by atoms with E-state index >= 15 is 0 Å². The average Bonchev–Trinajstić information content (AvgIpc) is 2.68. The van der Waals surface area contributed by atoms with Crippen LogP contribution in [0.25, 0.3) is 0 Å². The molecule has 1 aromatic carbocycles. The van der Waals surface area contributed by atoms with Gasteiger partial charge in [-0.2, -0.15) is 0 Å². The summed E-state index contributed by atoms with van der Waals surface area (Å²) in [4.78, 5) is 12.1. The van der Waals surface area contributed by atoms with Crippen molar-refractivity contribution in [3.8, 4) is 0 Å². The first-order valence-electron chi connectivity index (χ1n) is 9.45. The van der Waals surface area contributed by atoms with Crippen LogP contribution < -0.4 is 5.32 Å². The van der Waals surface area contributed by atoms with Crippen LogP contribution in [0.5, 0.6) is 0 Å². The van der Waals surface area contributed by atoms with Crippen molar-refractivity contribution >= 4 is 17.5 Å². The molecule has 0 atom stereocenters. The molecule has 0 aromatic heterocycles. The molecular weight excluding hydrogens is 354 g/mol. The van der Waals surface area contributed by atoms with Crippen molar-refractivity contribution in [2.45, 2.75) is 45.6 Å². The van der Waals surface area contributed by atoms with Crippen molar-refractivity contribution in [2.24, 2.45) is 0 Å². The predicted octanol–water partition coefficient (Wildman–Crippen LogP) is 3.30. The zero-order chi connectivity index (χ0) is 19.0. The maximum atomic E-state index is 12.1. The van der Waals surface area contributed by atoms with Crippen molar-refractivity contribution in [1.82, 2.24) is 5.32 Å². The van der Waals surface area contributed by atoms with Crippen LogP contribution in [-0.4, -0.2) is 49.9 Å². The molecule has 0 aliphatic rings. The van der Waals surface area contributed by atoms with Crippen LogP contribution in [-0.2, 0) is 22.5 Å². The van der Waals surface area contributed by atoms with Gasteiger partial charge < -0.3 is 19.9 Å². The number of aliphatic hydroxyl groups excluding tert-OH is 1. The maximum Gasteiger partial charge on any atom is 0.251 e. The van der Waals surface area contributed by atoms with Gasteiger partial charge in [0.2, 0.25) is 0 Å². The van der Waals surface area contributed by atoms with E-state index in [1.54, 1.807) is 12.1 Å². The lowest BCUT2D eigenvalue weighted by molar-refractivity contribution is 0.0468. The maximum absolute atomic E-state index is 12.1. The predicted molar refractivity (Wildman–Crippen MR) is 105 cm³/mol. The molecule has 0 bridgehead atoms. The summed E-state index contributed by atoms with van der Waals surface area (Å²) in [6.45, 7) is 4.71. The molecule has 148 valence electrons. The number of benzene rings is 1. The lowest BCUT2D eigenvalue weighted by atomic mass is 10.0. The molecule has 5 nitrogen and oxygen atoms in total. The standard InChI is InChI=1S/C20H32ClNO4/c1-2-17-7-8-18(15-19(17)16-23)20(24)22-10-12-26-14-13-25-11-6-4-3-5-9-21/h7-8,15,23H,2-6,9-14,16H2,1H3,(H,22,24). The molecule has 0 spiro atoms. The van der Waals surface area contributed by atoms with E-state index in [2.05, 4.69) is 5.32 Å². The Morgan fingerprint density at radius 3 is 2.46 bits per heavy atom. The number of hydrogen-bond acceptors (Lipinski definition) is 4. The van der Waals surface area contributed by atoms with Gasteiger partial charge in [-0.15, -0.1) is 11.6 Å². The number of hydrogen-bond donors (Lipinski definition) is 2. The van der Waals surface area contributed by atoms with Crippen LogP contribution in [0.4, 0.5) is 0 Å². The molecule has 0 aliphatic carbocycles. The van der Waals surface area contributed by atoms with Crippen molar-refractivity contribution < 1.29 is 19.4 Å². The fourth-order valence-electron chi connectivity index (χ4n) is 2.57. The zero-order valence-corrected chi connectivity index (χ0v) is 16.5. The molecule has 0 heterocycles. The van der Waals surface area contributed by atoms with Crippen LogP contribution in [0.2, 0.25) is 0 Å². The van der Waals surface area contributed by atoms with E-state index in [0.29, 0.717) is 31.9 Å². The highest BCUT2D eigenvalue weighted by molar-refractivity contribution is 6.17. The number of aryl methyl sites for hydroxylation is 1. The molecule has 1 amide bonds. The summed E-state index contributed by atoms with van der Waals surface area (Å²) in [5, 5.41) is 12.2. The minimum atomic E-state index is -0.154. The van der Waals surface area contributed by atoms with Crippen LogP contribution in [0.15, 0.2) is 18.2 Å². The summed E-state index contributed by atoms with van der Waals surface area (Å²) in [7, 11) is 0. The second-order valence-electron chi connectivity index (χ2n) is 6.08. The summed E-state index contributed by atoms with van der Waals surface area (Å²) >= 11 is 5.62. The van der Waals surface area contributed by atoms with E-state index in [-0.39, 0.29) is 12.5 Å². The summed E-state index contributed by atoms with van der Waals surface area (Å²) in [6, 6.07) is 5.43. The largest absolute Gasteiger partial charge is 0.392 e. The van der Waals surface area contributed by atoms with Gasteiger partial charge in [0.1, 0.15) is 0 Å². The normalized spacial score (nSPS) is 10.9. The number of unbranched alkanes of at least 4 members (excludes halogenated alkanes) is 3. The molecule has 1 aromatic rings. The van der Waals surface area contributed by atoms with Crippen molar-refractivity contribution in [2.75, 3.05) is 38.9 Å². The van der Waals surface area contributed by atoms with E-state index in [1.165, 1.54) is 0 Å². The lowest BCUT2D eigenvalue weighted by Crippen LogP contribution is -2.27. The van der Waals surface area contributed by atoms with E-state index in [0.717, 1.165) is 55.7 Å². The number of ether oxygens (including phenoxy) is 2. The number of alkyl halides is 1. The van der Waals surface area contributed by atoms with E-state index in [9.17, 15) is 9.90 Å². The fraction of sp³-hybridized carbons (Fsp3) is 0.650. The van der Waals surface area contributed by atoms with Crippen LogP contribution in [0.3, 0.4) is 0 Å². The quantitative estimate of drug-likeness (QED) is 0.359. The van der Waals surface area contributed by atoms with Gasteiger partial charge in [-0.25, -0.2) is 0 Å². The molecule has 2 N–H and O–H groups in total. The monoisotopic (exact) mass is 385 g/mol. The first-order chi connectivity index (χ1) is 12.7. The Morgan fingerprint density at radius 1 is 1.04 bits per heavy atom. The third-order valence-corrected chi connectivity index (χ3v) is 4.36. The first kappa shape index (κ1) is 22.9. The molecule has 0 saturated carbocycles. The molecule has 6 heteroatoms. The Bertz CT molecular complexity index is 511. The number of aliphatic hydroxyl groups is 1. The van der Waals surface area contributed by atoms with Crippen LogP contribution in [0, 0.1) is 0 Å². The van der Waals surface area contributed by atoms with Gasteiger partial charge >= 0.3 is 0 Å². The number of carbonyl (C=O) groups is 1. The molecule has 0 radical (unpaired) electrons. The molecule has 0 unspecified atom stereocenters. The van der Waals surface area contributed by atoms with Crippen LogP contribution >= 0.6 is 11.6 Å². The smallest absolute Gasteiger partial charge is 0.251 e. The van der Waals surface area contributed by atoms with Crippen molar-refractivity contribution in [3.05, 3.63) is 34.9 Å². The molecule has 1 rings (SSSR count). The zero-order valence-electron chi connectivity index (χ0n) is 15.8. The Labute approximate surface area is 162 Å². The van der Waals surface area contributed by atoms with E-state index < -0.39 is 0 Å². The molecule has 0 saturated heterocycles.